The number of benzene rings is 2. The molecule has 2 aromatic rings. The maximum Gasteiger partial charge on any atom is 0.318 e. The molecule has 0 radical (unpaired) electrons. The SMILES string of the molecule is [2H]c1c([2H])c(C([2H])([2H])NC(=O)N(Cc2ccc(F)cc2)C2CCN(C([2H])([2H])[2H])CC2)c([2H])c([2H])c1OC([2H])([2H])C(C)C. The standard InChI is InChI=1S/C25H34FN3O2/c1-19(2)18-31-24-10-6-20(7-11-24)16-27-25(30)29(23-12-14-28(3)15-13-23)17-21-4-8-22(26)9-5-21/h4-11,19,23H,12-18H2,1-3H3,(H,27,30)/i3D3,6D,7D,10D,11D,16D2,18D2. The number of hydrogen-bond acceptors (Lipinski definition) is 3. The molecule has 5 nitrogen and oxygen atoms in total. The zero-order chi connectivity index (χ0) is 31.8. The van der Waals surface area contributed by atoms with Crippen LogP contribution >= 0.6 is 0 Å². The minimum Gasteiger partial charge on any atom is -0.493 e. The molecule has 2 amide bonds. The smallest absolute Gasteiger partial charge is 0.318 e. The van der Waals surface area contributed by atoms with Crippen molar-refractivity contribution in [2.24, 2.45) is 5.92 Å². The van der Waals surface area contributed by atoms with Crippen molar-refractivity contribution in [1.29, 1.82) is 0 Å². The van der Waals surface area contributed by atoms with Crippen molar-refractivity contribution in [2.75, 3.05) is 26.6 Å². The van der Waals surface area contributed by atoms with Crippen LogP contribution in [0.15, 0.2) is 48.4 Å². The van der Waals surface area contributed by atoms with Crippen molar-refractivity contribution in [3.8, 4) is 5.75 Å². The van der Waals surface area contributed by atoms with E-state index in [1.165, 1.54) is 47.9 Å². The van der Waals surface area contributed by atoms with Crippen LogP contribution in [0.1, 0.15) is 52.9 Å². The van der Waals surface area contributed by atoms with Crippen molar-refractivity contribution in [3.63, 3.8) is 0 Å². The van der Waals surface area contributed by atoms with Gasteiger partial charge in [0.15, 0.2) is 0 Å². The Labute approximate surface area is 200 Å². The van der Waals surface area contributed by atoms with E-state index in [9.17, 15) is 9.18 Å². The van der Waals surface area contributed by atoms with Crippen molar-refractivity contribution in [3.05, 3.63) is 65.4 Å². The van der Waals surface area contributed by atoms with E-state index in [-0.39, 0.29) is 32.5 Å². The topological polar surface area (TPSA) is 44.8 Å². The zero-order valence-electron chi connectivity index (χ0n) is 28.6. The second-order valence-electron chi connectivity index (χ2n) is 7.61. The highest BCUT2D eigenvalue weighted by Crippen LogP contribution is 2.19. The lowest BCUT2D eigenvalue weighted by Crippen LogP contribution is -2.49. The predicted molar refractivity (Wildman–Crippen MR) is 121 cm³/mol. The van der Waals surface area contributed by atoms with E-state index in [0.717, 1.165) is 0 Å². The molecule has 0 atom stereocenters. The molecule has 0 bridgehead atoms. The van der Waals surface area contributed by atoms with E-state index in [1.807, 2.05) is 0 Å². The van der Waals surface area contributed by atoms with E-state index < -0.39 is 79.3 Å². The van der Waals surface area contributed by atoms with Crippen molar-refractivity contribution >= 4 is 6.03 Å². The van der Waals surface area contributed by atoms with Crippen molar-refractivity contribution in [1.82, 2.24) is 15.1 Å². The summed E-state index contributed by atoms with van der Waals surface area (Å²) in [5, 5.41) is 2.17. The van der Waals surface area contributed by atoms with Gasteiger partial charge in [-0.1, -0.05) is 38.1 Å². The van der Waals surface area contributed by atoms with Gasteiger partial charge in [-0.25, -0.2) is 9.18 Å². The summed E-state index contributed by atoms with van der Waals surface area (Å²) in [5.41, 5.74) is -0.252. The number of likely N-dealkylation sites (tertiary alicyclic amines) is 1. The molecule has 1 N–H and O–H groups in total. The van der Waals surface area contributed by atoms with Gasteiger partial charge in [0.2, 0.25) is 0 Å². The van der Waals surface area contributed by atoms with Gasteiger partial charge in [-0.05, 0) is 74.2 Å². The molecule has 6 heteroatoms. The number of nitrogens with one attached hydrogen (secondary N) is 1. The fourth-order valence-corrected chi connectivity index (χ4v) is 3.11. The number of ether oxygens (including phenoxy) is 1. The van der Waals surface area contributed by atoms with Gasteiger partial charge in [0.1, 0.15) is 11.6 Å². The maximum absolute atomic E-state index is 13.6. The van der Waals surface area contributed by atoms with Gasteiger partial charge in [-0.15, -0.1) is 0 Å². The first-order valence-corrected chi connectivity index (χ1v) is 10.1. The summed E-state index contributed by atoms with van der Waals surface area (Å²) in [6.07, 6.45) is 0.502. The monoisotopic (exact) mass is 438 g/mol. The molecule has 0 spiro atoms. The minimum absolute atomic E-state index is 0.0768. The van der Waals surface area contributed by atoms with Gasteiger partial charge in [0.05, 0.1) is 17.5 Å². The van der Waals surface area contributed by atoms with Crippen LogP contribution < -0.4 is 10.1 Å². The van der Waals surface area contributed by atoms with E-state index in [1.54, 1.807) is 0 Å². The van der Waals surface area contributed by atoms with Crippen molar-refractivity contribution < 1.29 is 29.0 Å². The highest BCUT2D eigenvalue weighted by Gasteiger charge is 2.27. The largest absolute Gasteiger partial charge is 0.493 e. The molecule has 168 valence electrons. The third kappa shape index (κ3) is 7.24. The Hall–Kier alpha value is -2.60. The minimum atomic E-state index is -2.92. The Kier molecular flexibility index (Phi) is 4.47. The summed E-state index contributed by atoms with van der Waals surface area (Å²) in [6.45, 7) is -4.36. The van der Waals surface area contributed by atoms with Crippen molar-refractivity contribution in [2.45, 2.75) is 45.8 Å². The predicted octanol–water partition coefficient (Wildman–Crippen LogP) is 4.67. The first kappa shape index (κ1) is 12.4. The normalized spacial score (nSPS) is 21.6. The second-order valence-corrected chi connectivity index (χ2v) is 7.61. The highest BCUT2D eigenvalue weighted by atomic mass is 19.1. The highest BCUT2D eigenvalue weighted by molar-refractivity contribution is 5.74. The summed E-state index contributed by atoms with van der Waals surface area (Å²) >= 11 is 0. The molecule has 2 aromatic carbocycles. The van der Waals surface area contributed by atoms with E-state index in [2.05, 4.69) is 5.32 Å². The molecule has 0 aliphatic carbocycles. The van der Waals surface area contributed by atoms with E-state index in [0.29, 0.717) is 5.56 Å². The summed E-state index contributed by atoms with van der Waals surface area (Å²) < 4.78 is 108. The number of carbonyl (C=O) groups excluding carboxylic acids is 1. The maximum atomic E-state index is 13.6. The molecule has 0 unspecified atom stereocenters. The molecule has 0 saturated carbocycles. The Bertz CT molecular complexity index is 1250. The number of hydrogen-bond donors (Lipinski definition) is 1. The number of rotatable bonds is 8. The quantitative estimate of drug-likeness (QED) is 0.652. The summed E-state index contributed by atoms with van der Waals surface area (Å²) in [4.78, 5) is 16.2. The number of amides is 2. The fourth-order valence-electron chi connectivity index (χ4n) is 3.11. The Morgan fingerprint density at radius 1 is 1.26 bits per heavy atom. The van der Waals surface area contributed by atoms with Gasteiger partial charge >= 0.3 is 6.03 Å². The van der Waals surface area contributed by atoms with Crippen LogP contribution in [0.4, 0.5) is 9.18 Å². The zero-order valence-corrected chi connectivity index (χ0v) is 17.6. The Balaban J connectivity index is 1.94. The number of urea groups is 1. The van der Waals surface area contributed by atoms with Gasteiger partial charge < -0.3 is 19.9 Å². The number of halogens is 1. The van der Waals surface area contributed by atoms with E-state index >= 15 is 0 Å². The third-order valence-electron chi connectivity index (χ3n) is 4.73. The second kappa shape index (κ2) is 11.1. The summed E-state index contributed by atoms with van der Waals surface area (Å²) in [7, 11) is 0. The van der Waals surface area contributed by atoms with Crippen LogP contribution in [0.2, 0.25) is 0 Å². The molecule has 1 aliphatic heterocycles. The van der Waals surface area contributed by atoms with Crippen LogP contribution in [0.25, 0.3) is 0 Å². The third-order valence-corrected chi connectivity index (χ3v) is 4.73. The average Bonchev–Trinajstić information content (AvgIpc) is 2.88. The molecule has 0 aromatic heterocycles. The van der Waals surface area contributed by atoms with E-state index in [4.69, 9.17) is 19.8 Å². The lowest BCUT2D eigenvalue weighted by atomic mass is 10.0. The van der Waals surface area contributed by atoms with Gasteiger partial charge in [0, 0.05) is 23.2 Å². The van der Waals surface area contributed by atoms with Crippen LogP contribution in [-0.4, -0.2) is 48.5 Å². The number of piperidine rings is 1. The number of nitrogens with zero attached hydrogens (tertiary/aromatic N) is 2. The first-order valence-electron chi connectivity index (χ1n) is 15.6. The molecule has 1 aliphatic rings. The summed E-state index contributed by atoms with van der Waals surface area (Å²) in [6, 6.07) is 0.516. The number of carbonyl (C=O) groups is 1. The van der Waals surface area contributed by atoms with Gasteiger partial charge in [-0.2, -0.15) is 0 Å². The van der Waals surface area contributed by atoms with Crippen LogP contribution in [0, 0.1) is 11.7 Å². The molecule has 1 heterocycles. The Morgan fingerprint density at radius 2 is 1.94 bits per heavy atom. The van der Waals surface area contributed by atoms with Crippen LogP contribution in [0.5, 0.6) is 5.75 Å². The van der Waals surface area contributed by atoms with Crippen LogP contribution in [-0.2, 0) is 13.0 Å². The molecule has 1 saturated heterocycles. The van der Waals surface area contributed by atoms with Gasteiger partial charge in [0.25, 0.3) is 0 Å². The average molecular weight is 439 g/mol. The molecular formula is C25H34FN3O2. The molecule has 1 fully saturated rings. The lowest BCUT2D eigenvalue weighted by molar-refractivity contribution is 0.127. The molecular weight excluding hydrogens is 393 g/mol. The first-order chi connectivity index (χ1) is 19.3. The molecule has 3 rings (SSSR count). The lowest BCUT2D eigenvalue weighted by Gasteiger charge is -2.37. The summed E-state index contributed by atoms with van der Waals surface area (Å²) in [5.74, 6) is -1.88. The molecule has 31 heavy (non-hydrogen) atoms. The fraction of sp³-hybridized carbons (Fsp3) is 0.480. The van der Waals surface area contributed by atoms with Crippen LogP contribution in [0.3, 0.4) is 0 Å². The van der Waals surface area contributed by atoms with Gasteiger partial charge in [-0.3, -0.25) is 0 Å². The Morgan fingerprint density at radius 3 is 2.55 bits per heavy atom.